The lowest BCUT2D eigenvalue weighted by Gasteiger charge is -2.29. The van der Waals surface area contributed by atoms with Crippen LogP contribution in [0.5, 0.6) is 0 Å². The number of carbonyl (C=O) groups excluding carboxylic acids is 2. The van der Waals surface area contributed by atoms with Gasteiger partial charge in [-0.2, -0.15) is 0 Å². The molecule has 1 fully saturated rings. The summed E-state index contributed by atoms with van der Waals surface area (Å²) < 4.78 is 5.21. The maximum atomic E-state index is 12.1. The summed E-state index contributed by atoms with van der Waals surface area (Å²) in [5.74, 6) is -0.0457. The molecule has 0 saturated carbocycles. The largest absolute Gasteiger partial charge is 0.378 e. The van der Waals surface area contributed by atoms with E-state index in [1.165, 1.54) is 0 Å². The first-order chi connectivity index (χ1) is 9.04. The average molecular weight is 271 g/mol. The Hall–Kier alpha value is -1.14. The van der Waals surface area contributed by atoms with Gasteiger partial charge in [-0.05, 0) is 20.3 Å². The van der Waals surface area contributed by atoms with Crippen LogP contribution in [0.4, 0.5) is 0 Å². The van der Waals surface area contributed by atoms with Gasteiger partial charge in [0.1, 0.15) is 0 Å². The Balaban J connectivity index is 2.27. The van der Waals surface area contributed by atoms with Crippen molar-refractivity contribution in [1.82, 2.24) is 15.5 Å². The summed E-state index contributed by atoms with van der Waals surface area (Å²) >= 11 is 0. The molecule has 6 nitrogen and oxygen atoms in total. The molecule has 1 saturated heterocycles. The van der Waals surface area contributed by atoms with E-state index in [2.05, 4.69) is 10.6 Å². The molecule has 1 rings (SSSR count). The van der Waals surface area contributed by atoms with Crippen molar-refractivity contribution >= 4 is 11.8 Å². The summed E-state index contributed by atoms with van der Waals surface area (Å²) in [5, 5.41) is 5.82. The van der Waals surface area contributed by atoms with Gasteiger partial charge >= 0.3 is 0 Å². The molecule has 1 aliphatic heterocycles. The summed E-state index contributed by atoms with van der Waals surface area (Å²) in [6, 6.07) is -0.180. The first-order valence-corrected chi connectivity index (χ1v) is 6.93. The Labute approximate surface area is 114 Å². The van der Waals surface area contributed by atoms with Crippen LogP contribution in [-0.2, 0) is 14.3 Å². The molecule has 2 N–H and O–H groups in total. The van der Waals surface area contributed by atoms with E-state index in [1.54, 1.807) is 11.8 Å². The highest BCUT2D eigenvalue weighted by Gasteiger charge is 2.22. The number of morpholine rings is 1. The molecule has 110 valence electrons. The summed E-state index contributed by atoms with van der Waals surface area (Å²) in [6.45, 7) is 8.37. The topological polar surface area (TPSA) is 70.7 Å². The molecule has 2 unspecified atom stereocenters. The van der Waals surface area contributed by atoms with Gasteiger partial charge in [-0.1, -0.05) is 6.92 Å². The van der Waals surface area contributed by atoms with Crippen molar-refractivity contribution in [3.05, 3.63) is 0 Å². The van der Waals surface area contributed by atoms with Crippen LogP contribution in [0, 0.1) is 0 Å². The third-order valence-electron chi connectivity index (χ3n) is 3.28. The highest BCUT2D eigenvalue weighted by molar-refractivity contribution is 5.83. The normalized spacial score (nSPS) is 18.8. The molecule has 0 radical (unpaired) electrons. The average Bonchev–Trinajstić information content (AvgIpc) is 2.44. The van der Waals surface area contributed by atoms with Crippen LogP contribution in [0.1, 0.15) is 27.2 Å². The number of hydrogen-bond acceptors (Lipinski definition) is 4. The van der Waals surface area contributed by atoms with Crippen molar-refractivity contribution in [3.63, 3.8) is 0 Å². The maximum absolute atomic E-state index is 12.1. The Morgan fingerprint density at radius 1 is 1.26 bits per heavy atom. The van der Waals surface area contributed by atoms with Crippen molar-refractivity contribution in [2.75, 3.05) is 32.8 Å². The molecule has 0 aromatic heterocycles. The Morgan fingerprint density at radius 2 is 1.89 bits per heavy atom. The van der Waals surface area contributed by atoms with Crippen LogP contribution in [0.25, 0.3) is 0 Å². The van der Waals surface area contributed by atoms with Crippen LogP contribution in [-0.4, -0.2) is 61.6 Å². The fraction of sp³-hybridized carbons (Fsp3) is 0.846. The first-order valence-electron chi connectivity index (χ1n) is 6.93. The summed E-state index contributed by atoms with van der Waals surface area (Å²) in [5.41, 5.74) is 0. The zero-order chi connectivity index (χ0) is 14.3. The van der Waals surface area contributed by atoms with Crippen LogP contribution < -0.4 is 10.6 Å². The minimum absolute atomic E-state index is 0.0274. The minimum Gasteiger partial charge on any atom is -0.378 e. The highest BCUT2D eigenvalue weighted by atomic mass is 16.5. The van der Waals surface area contributed by atoms with Crippen LogP contribution in [0.15, 0.2) is 0 Å². The van der Waals surface area contributed by atoms with Crippen molar-refractivity contribution < 1.29 is 14.3 Å². The molecule has 2 amide bonds. The van der Waals surface area contributed by atoms with Gasteiger partial charge in [0.05, 0.1) is 25.8 Å². The highest BCUT2D eigenvalue weighted by Crippen LogP contribution is 2.00. The quantitative estimate of drug-likeness (QED) is 0.698. The van der Waals surface area contributed by atoms with Gasteiger partial charge in [-0.15, -0.1) is 0 Å². The molecule has 0 aromatic carbocycles. The Bertz CT molecular complexity index is 304. The third-order valence-corrected chi connectivity index (χ3v) is 3.28. The fourth-order valence-electron chi connectivity index (χ4n) is 1.82. The van der Waals surface area contributed by atoms with Crippen molar-refractivity contribution in [2.45, 2.75) is 39.3 Å². The number of hydrogen-bond donors (Lipinski definition) is 2. The van der Waals surface area contributed by atoms with Crippen LogP contribution in [0.3, 0.4) is 0 Å². The van der Waals surface area contributed by atoms with Gasteiger partial charge in [0, 0.05) is 19.1 Å². The van der Waals surface area contributed by atoms with E-state index in [0.717, 1.165) is 6.42 Å². The smallest absolute Gasteiger partial charge is 0.239 e. The number of rotatable bonds is 6. The number of nitrogens with zero attached hydrogens (tertiary/aromatic N) is 1. The zero-order valence-corrected chi connectivity index (χ0v) is 12.1. The SMILES string of the molecule is CCC(C)NC(=O)CNC(C)C(=O)N1CCOCC1. The second-order valence-electron chi connectivity index (χ2n) is 4.92. The lowest BCUT2D eigenvalue weighted by atomic mass is 10.2. The molecular formula is C13H25N3O3. The standard InChI is InChI=1S/C13H25N3O3/c1-4-10(2)15-12(17)9-14-11(3)13(18)16-5-7-19-8-6-16/h10-11,14H,4-9H2,1-3H3,(H,15,17). The number of nitrogens with one attached hydrogen (secondary N) is 2. The summed E-state index contributed by atoms with van der Waals surface area (Å²) in [6.07, 6.45) is 0.897. The monoisotopic (exact) mass is 271 g/mol. The van der Waals surface area contributed by atoms with Gasteiger partial charge in [-0.3, -0.25) is 14.9 Å². The van der Waals surface area contributed by atoms with Crippen LogP contribution >= 0.6 is 0 Å². The predicted molar refractivity (Wildman–Crippen MR) is 72.8 cm³/mol. The molecular weight excluding hydrogens is 246 g/mol. The molecule has 19 heavy (non-hydrogen) atoms. The number of carbonyl (C=O) groups is 2. The third kappa shape index (κ3) is 5.57. The molecule has 1 aliphatic rings. The van der Waals surface area contributed by atoms with Gasteiger partial charge in [0.2, 0.25) is 11.8 Å². The van der Waals surface area contributed by atoms with Gasteiger partial charge in [0.25, 0.3) is 0 Å². The van der Waals surface area contributed by atoms with Crippen molar-refractivity contribution in [2.24, 2.45) is 0 Å². The lowest BCUT2D eigenvalue weighted by Crippen LogP contribution is -2.51. The van der Waals surface area contributed by atoms with E-state index in [-0.39, 0.29) is 30.4 Å². The van der Waals surface area contributed by atoms with E-state index >= 15 is 0 Å². The summed E-state index contributed by atoms with van der Waals surface area (Å²) in [7, 11) is 0. The second-order valence-corrected chi connectivity index (χ2v) is 4.92. The number of amides is 2. The summed E-state index contributed by atoms with van der Waals surface area (Å²) in [4.78, 5) is 25.4. The first kappa shape index (κ1) is 15.9. The fourth-order valence-corrected chi connectivity index (χ4v) is 1.82. The second kappa shape index (κ2) is 8.12. The molecule has 0 bridgehead atoms. The molecule has 6 heteroatoms. The lowest BCUT2D eigenvalue weighted by molar-refractivity contribution is -0.137. The molecule has 1 heterocycles. The molecule has 0 spiro atoms. The Morgan fingerprint density at radius 3 is 2.47 bits per heavy atom. The van der Waals surface area contributed by atoms with Gasteiger partial charge in [-0.25, -0.2) is 0 Å². The van der Waals surface area contributed by atoms with Crippen LogP contribution in [0.2, 0.25) is 0 Å². The van der Waals surface area contributed by atoms with E-state index in [1.807, 2.05) is 13.8 Å². The predicted octanol–water partition coefficient (Wildman–Crippen LogP) is -0.262. The Kier molecular flexibility index (Phi) is 6.80. The number of ether oxygens (including phenoxy) is 1. The zero-order valence-electron chi connectivity index (χ0n) is 12.1. The van der Waals surface area contributed by atoms with Crippen molar-refractivity contribution in [3.8, 4) is 0 Å². The molecule has 0 aromatic rings. The maximum Gasteiger partial charge on any atom is 0.239 e. The molecule has 0 aliphatic carbocycles. The van der Waals surface area contributed by atoms with E-state index < -0.39 is 0 Å². The van der Waals surface area contributed by atoms with Gasteiger partial charge in [0.15, 0.2) is 0 Å². The van der Waals surface area contributed by atoms with Gasteiger partial charge < -0.3 is 15.0 Å². The van der Waals surface area contributed by atoms with Crippen molar-refractivity contribution in [1.29, 1.82) is 0 Å². The minimum atomic E-state index is -0.346. The van der Waals surface area contributed by atoms with E-state index in [0.29, 0.717) is 26.3 Å². The van der Waals surface area contributed by atoms with E-state index in [4.69, 9.17) is 4.74 Å². The van der Waals surface area contributed by atoms with E-state index in [9.17, 15) is 9.59 Å². The molecule has 2 atom stereocenters.